The summed E-state index contributed by atoms with van der Waals surface area (Å²) in [5.41, 5.74) is 2.44. The quantitative estimate of drug-likeness (QED) is 0.455. The summed E-state index contributed by atoms with van der Waals surface area (Å²) in [5.74, 6) is 0.299. The fraction of sp³-hybridized carbons (Fsp3) is 0.105. The van der Waals surface area contributed by atoms with Gasteiger partial charge in [0.1, 0.15) is 10.1 Å². The average molecular weight is 540 g/mol. The number of nitrogens with one attached hydrogen (secondary N) is 1. The van der Waals surface area contributed by atoms with E-state index in [-0.39, 0.29) is 18.4 Å². The van der Waals surface area contributed by atoms with Gasteiger partial charge in [-0.05, 0) is 47.5 Å². The zero-order valence-electron chi connectivity index (χ0n) is 14.2. The molecule has 0 atom stereocenters. The molecule has 0 bridgehead atoms. The van der Waals surface area contributed by atoms with E-state index in [1.54, 1.807) is 11.0 Å². The van der Waals surface area contributed by atoms with Crippen LogP contribution in [-0.4, -0.2) is 22.7 Å². The highest BCUT2D eigenvalue weighted by molar-refractivity contribution is 9.11. The molecule has 2 aromatic carbocycles. The number of carbonyl (C=O) groups is 2. The van der Waals surface area contributed by atoms with Crippen molar-refractivity contribution < 1.29 is 14.3 Å². The highest BCUT2D eigenvalue weighted by Crippen LogP contribution is 2.36. The van der Waals surface area contributed by atoms with E-state index in [4.69, 9.17) is 17.0 Å². The third-order valence-electron chi connectivity index (χ3n) is 4.13. The van der Waals surface area contributed by atoms with Crippen LogP contribution in [0.1, 0.15) is 11.1 Å². The molecule has 5 nitrogen and oxygen atoms in total. The fourth-order valence-electron chi connectivity index (χ4n) is 2.94. The first-order chi connectivity index (χ1) is 13.4. The third-order valence-corrected chi connectivity index (χ3v) is 6.21. The molecule has 0 saturated carbocycles. The Balaban J connectivity index is 1.69. The highest BCUT2D eigenvalue weighted by atomic mass is 79.9. The van der Waals surface area contributed by atoms with E-state index in [1.165, 1.54) is 11.8 Å². The Morgan fingerprint density at radius 1 is 1.18 bits per heavy atom. The van der Waals surface area contributed by atoms with Crippen LogP contribution >= 0.6 is 55.8 Å². The maximum Gasteiger partial charge on any atom is 0.265 e. The van der Waals surface area contributed by atoms with E-state index in [0.717, 1.165) is 20.1 Å². The second-order valence-corrected chi connectivity index (χ2v) is 9.68. The van der Waals surface area contributed by atoms with Crippen molar-refractivity contribution in [3.8, 4) is 5.75 Å². The standard InChI is InChI=1S/C19H12Br2N2O3S2/c20-12-3-11(4-13(21)7-12)8-23-14-5-10(1-2-15(14)26-9-17(23)24)6-16-18(25)22-19(27)28-16/h1-7H,8-9H2,(H,22,25,27)/b16-6+. The average Bonchev–Trinajstić information content (AvgIpc) is 2.94. The number of rotatable bonds is 3. The molecule has 0 radical (unpaired) electrons. The first kappa shape index (κ1) is 19.6. The topological polar surface area (TPSA) is 58.6 Å². The monoisotopic (exact) mass is 538 g/mol. The van der Waals surface area contributed by atoms with Crippen LogP contribution in [0.25, 0.3) is 6.08 Å². The molecule has 2 aliphatic heterocycles. The molecule has 1 N–H and O–H groups in total. The summed E-state index contributed by atoms with van der Waals surface area (Å²) < 4.78 is 7.87. The van der Waals surface area contributed by atoms with Crippen molar-refractivity contribution in [2.45, 2.75) is 6.54 Å². The molecule has 2 aliphatic rings. The van der Waals surface area contributed by atoms with E-state index >= 15 is 0 Å². The molecule has 0 aliphatic carbocycles. The van der Waals surface area contributed by atoms with Crippen molar-refractivity contribution in [2.24, 2.45) is 0 Å². The molecule has 142 valence electrons. The number of amides is 2. The van der Waals surface area contributed by atoms with Crippen LogP contribution in [0.2, 0.25) is 0 Å². The maximum absolute atomic E-state index is 12.6. The number of hydrogen-bond donors (Lipinski definition) is 1. The number of halogens is 2. The number of carbonyl (C=O) groups excluding carboxylic acids is 2. The first-order valence-corrected chi connectivity index (χ1v) is 11.0. The summed E-state index contributed by atoms with van der Waals surface area (Å²) in [5, 5.41) is 2.60. The molecule has 28 heavy (non-hydrogen) atoms. The van der Waals surface area contributed by atoms with Gasteiger partial charge >= 0.3 is 0 Å². The lowest BCUT2D eigenvalue weighted by Gasteiger charge is -2.30. The molecule has 2 heterocycles. The zero-order chi connectivity index (χ0) is 19.8. The molecule has 1 saturated heterocycles. The van der Waals surface area contributed by atoms with E-state index < -0.39 is 0 Å². The predicted molar refractivity (Wildman–Crippen MR) is 121 cm³/mol. The molecule has 0 unspecified atom stereocenters. The maximum atomic E-state index is 12.6. The molecule has 1 fully saturated rings. The predicted octanol–water partition coefficient (Wildman–Crippen LogP) is 4.63. The fourth-order valence-corrected chi connectivity index (χ4v) is 5.37. The highest BCUT2D eigenvalue weighted by Gasteiger charge is 2.27. The van der Waals surface area contributed by atoms with Crippen LogP contribution in [-0.2, 0) is 16.1 Å². The van der Waals surface area contributed by atoms with Gasteiger partial charge in [-0.1, -0.05) is 61.9 Å². The number of ether oxygens (including phenoxy) is 1. The van der Waals surface area contributed by atoms with Gasteiger partial charge in [0, 0.05) is 8.95 Å². The van der Waals surface area contributed by atoms with Crippen LogP contribution < -0.4 is 15.0 Å². The minimum atomic E-state index is -0.212. The summed E-state index contributed by atoms with van der Waals surface area (Å²) in [6, 6.07) is 11.4. The van der Waals surface area contributed by atoms with Crippen molar-refractivity contribution in [3.63, 3.8) is 0 Å². The Morgan fingerprint density at radius 2 is 1.93 bits per heavy atom. The van der Waals surface area contributed by atoms with E-state index in [1.807, 2.05) is 36.4 Å². The van der Waals surface area contributed by atoms with Gasteiger partial charge in [0.05, 0.1) is 17.1 Å². The number of fused-ring (bicyclic) bond motifs is 1. The number of thioether (sulfide) groups is 1. The lowest BCUT2D eigenvalue weighted by molar-refractivity contribution is -0.121. The van der Waals surface area contributed by atoms with Gasteiger partial charge in [-0.15, -0.1) is 0 Å². The summed E-state index contributed by atoms with van der Waals surface area (Å²) in [4.78, 5) is 26.7. The Bertz CT molecular complexity index is 1040. The minimum Gasteiger partial charge on any atom is -0.482 e. The number of thiocarbonyl (C=S) groups is 1. The van der Waals surface area contributed by atoms with Crippen LogP contribution in [0.3, 0.4) is 0 Å². The molecular formula is C19H12Br2N2O3S2. The van der Waals surface area contributed by atoms with Crippen molar-refractivity contribution in [2.75, 3.05) is 11.5 Å². The van der Waals surface area contributed by atoms with Crippen LogP contribution in [0, 0.1) is 0 Å². The van der Waals surface area contributed by atoms with Crippen molar-refractivity contribution in [1.82, 2.24) is 5.32 Å². The van der Waals surface area contributed by atoms with Gasteiger partial charge in [0.2, 0.25) is 0 Å². The molecule has 0 spiro atoms. The van der Waals surface area contributed by atoms with E-state index in [2.05, 4.69) is 37.2 Å². The van der Waals surface area contributed by atoms with Crippen LogP contribution in [0.15, 0.2) is 50.2 Å². The second kappa shape index (κ2) is 7.98. The van der Waals surface area contributed by atoms with Gasteiger partial charge in [0.15, 0.2) is 6.61 Å². The number of anilines is 1. The van der Waals surface area contributed by atoms with Crippen LogP contribution in [0.5, 0.6) is 5.75 Å². The molecular weight excluding hydrogens is 528 g/mol. The Labute approximate surface area is 187 Å². The summed E-state index contributed by atoms with van der Waals surface area (Å²) >= 11 is 13.2. The van der Waals surface area contributed by atoms with E-state index in [9.17, 15) is 9.59 Å². The largest absolute Gasteiger partial charge is 0.482 e. The zero-order valence-corrected chi connectivity index (χ0v) is 19.0. The van der Waals surface area contributed by atoms with Crippen molar-refractivity contribution >= 4 is 83.7 Å². The number of hydrogen-bond acceptors (Lipinski definition) is 5. The van der Waals surface area contributed by atoms with Gasteiger partial charge in [-0.25, -0.2) is 0 Å². The molecule has 0 aromatic heterocycles. The Hall–Kier alpha value is -1.68. The minimum absolute atomic E-state index is 0.00482. The smallest absolute Gasteiger partial charge is 0.265 e. The summed E-state index contributed by atoms with van der Waals surface area (Å²) in [6.45, 7) is 0.404. The molecule has 2 amide bonds. The lowest BCUT2D eigenvalue weighted by Crippen LogP contribution is -2.38. The van der Waals surface area contributed by atoms with Crippen LogP contribution in [0.4, 0.5) is 5.69 Å². The third kappa shape index (κ3) is 4.17. The molecule has 9 heteroatoms. The second-order valence-electron chi connectivity index (χ2n) is 6.13. The van der Waals surface area contributed by atoms with Crippen molar-refractivity contribution in [1.29, 1.82) is 0 Å². The summed E-state index contributed by atoms with van der Waals surface area (Å²) in [6.07, 6.45) is 1.76. The molecule has 2 aromatic rings. The van der Waals surface area contributed by atoms with Gasteiger partial charge in [-0.3, -0.25) is 9.59 Å². The molecule has 4 rings (SSSR count). The van der Waals surface area contributed by atoms with E-state index in [0.29, 0.717) is 27.2 Å². The Kier molecular flexibility index (Phi) is 5.59. The van der Waals surface area contributed by atoms with Gasteiger partial charge in [0.25, 0.3) is 11.8 Å². The summed E-state index contributed by atoms with van der Waals surface area (Å²) in [7, 11) is 0. The van der Waals surface area contributed by atoms with Gasteiger partial charge in [-0.2, -0.15) is 0 Å². The lowest BCUT2D eigenvalue weighted by atomic mass is 10.1. The van der Waals surface area contributed by atoms with Gasteiger partial charge < -0.3 is 15.0 Å². The number of nitrogens with zero attached hydrogens (tertiary/aromatic N) is 1. The Morgan fingerprint density at radius 3 is 2.61 bits per heavy atom. The SMILES string of the molecule is O=C1NC(=S)S/C1=C/c1ccc2c(c1)N(Cc1cc(Br)cc(Br)c1)C(=O)CO2. The first-order valence-electron chi connectivity index (χ1n) is 8.16. The van der Waals surface area contributed by atoms with Crippen molar-refractivity contribution in [3.05, 3.63) is 61.4 Å². The number of benzene rings is 2. The normalized spacial score (nSPS) is 17.6.